The van der Waals surface area contributed by atoms with Gasteiger partial charge in [0.15, 0.2) is 5.96 Å². The molecule has 0 unspecified atom stereocenters. The number of guanidine groups is 1. The molecule has 9 heteroatoms. The van der Waals surface area contributed by atoms with Gasteiger partial charge in [0.05, 0.1) is 12.0 Å². The first-order valence-electron chi connectivity index (χ1n) is 7.73. The Morgan fingerprint density at radius 1 is 1.29 bits per heavy atom. The van der Waals surface area contributed by atoms with Crippen LogP contribution in [-0.2, 0) is 0 Å². The fourth-order valence-corrected chi connectivity index (χ4v) is 2.34. The number of nitrogens with zero attached hydrogens (tertiary/aromatic N) is 4. The highest BCUT2D eigenvalue weighted by molar-refractivity contribution is 5.82. The average molecular weight is 338 g/mol. The molecular weight excluding hydrogens is 312 g/mol. The highest BCUT2D eigenvalue weighted by Gasteiger charge is 2.22. The summed E-state index contributed by atoms with van der Waals surface area (Å²) in [6.45, 7) is 7.47. The van der Waals surface area contributed by atoms with Crippen molar-refractivity contribution in [3.8, 4) is 5.75 Å². The van der Waals surface area contributed by atoms with Crippen molar-refractivity contribution >= 4 is 23.0 Å². The summed E-state index contributed by atoms with van der Waals surface area (Å²) in [4.78, 5) is 18.9. The summed E-state index contributed by atoms with van der Waals surface area (Å²) >= 11 is 0. The number of hydrogen-bond donors (Lipinski definition) is 2. The van der Waals surface area contributed by atoms with Crippen LogP contribution in [0.15, 0.2) is 17.1 Å². The van der Waals surface area contributed by atoms with E-state index >= 15 is 0 Å². The monoisotopic (exact) mass is 338 g/mol. The highest BCUT2D eigenvalue weighted by Crippen LogP contribution is 2.39. The molecule has 1 aromatic carbocycles. The fraction of sp³-hybridized carbons (Fsp3) is 0.533. The topological polar surface area (TPSA) is 123 Å². The number of benzene rings is 1. The average Bonchev–Trinajstić information content (AvgIpc) is 2.54. The third kappa shape index (κ3) is 4.98. The predicted molar refractivity (Wildman–Crippen MR) is 96.2 cm³/mol. The second-order valence-electron chi connectivity index (χ2n) is 5.25. The van der Waals surface area contributed by atoms with Gasteiger partial charge in [-0.05, 0) is 13.1 Å². The Bertz CT molecular complexity index is 597. The molecule has 0 aromatic heterocycles. The Morgan fingerprint density at radius 2 is 1.92 bits per heavy atom. The first-order valence-corrected chi connectivity index (χ1v) is 7.73. The second kappa shape index (κ2) is 8.92. The summed E-state index contributed by atoms with van der Waals surface area (Å²) < 4.78 is 5.26. The number of nitro benzene ring substituents is 1. The van der Waals surface area contributed by atoms with Crippen molar-refractivity contribution in [2.45, 2.75) is 13.8 Å². The molecule has 24 heavy (non-hydrogen) atoms. The van der Waals surface area contributed by atoms with E-state index < -0.39 is 4.92 Å². The maximum atomic E-state index is 11.4. The van der Waals surface area contributed by atoms with Gasteiger partial charge in [0, 0.05) is 32.3 Å². The first kappa shape index (κ1) is 19.5. The lowest BCUT2D eigenvalue weighted by Gasteiger charge is -2.24. The van der Waals surface area contributed by atoms with Gasteiger partial charge >= 0.3 is 0 Å². The van der Waals surface area contributed by atoms with E-state index in [0.29, 0.717) is 18.0 Å². The molecular formula is C15H26N6O3. The van der Waals surface area contributed by atoms with E-state index in [-0.39, 0.29) is 17.3 Å². The SMILES string of the molecule is CCN(CC)CCN(C)c1cc(OC)c(N=C(N)N)cc1[N+](=O)[O-]. The van der Waals surface area contributed by atoms with Crippen molar-refractivity contribution in [3.05, 3.63) is 22.2 Å². The minimum atomic E-state index is -0.450. The van der Waals surface area contributed by atoms with Crippen molar-refractivity contribution in [2.24, 2.45) is 16.5 Å². The molecule has 0 saturated heterocycles. The van der Waals surface area contributed by atoms with Crippen molar-refractivity contribution in [3.63, 3.8) is 0 Å². The van der Waals surface area contributed by atoms with Crippen molar-refractivity contribution < 1.29 is 9.66 Å². The minimum absolute atomic E-state index is 0.0714. The Kier molecular flexibility index (Phi) is 7.25. The van der Waals surface area contributed by atoms with Crippen LogP contribution >= 0.6 is 0 Å². The van der Waals surface area contributed by atoms with Crippen LogP contribution < -0.4 is 21.1 Å². The summed E-state index contributed by atoms with van der Waals surface area (Å²) in [6.07, 6.45) is 0. The Balaban J connectivity index is 3.21. The van der Waals surface area contributed by atoms with E-state index in [1.165, 1.54) is 13.2 Å². The van der Waals surface area contributed by atoms with Gasteiger partial charge in [-0.2, -0.15) is 0 Å². The minimum Gasteiger partial charge on any atom is -0.494 e. The quantitative estimate of drug-likeness (QED) is 0.301. The molecule has 0 fully saturated rings. The van der Waals surface area contributed by atoms with E-state index in [2.05, 4.69) is 23.7 Å². The number of rotatable bonds is 9. The van der Waals surface area contributed by atoms with Gasteiger partial charge in [-0.15, -0.1) is 0 Å². The summed E-state index contributed by atoms with van der Waals surface area (Å²) in [5, 5.41) is 11.4. The lowest BCUT2D eigenvalue weighted by Crippen LogP contribution is -2.33. The zero-order chi connectivity index (χ0) is 18.3. The summed E-state index contributed by atoms with van der Waals surface area (Å²) in [6, 6.07) is 2.91. The van der Waals surface area contributed by atoms with Crippen molar-refractivity contribution in [2.75, 3.05) is 45.2 Å². The normalized spacial score (nSPS) is 10.5. The van der Waals surface area contributed by atoms with E-state index in [1.54, 1.807) is 6.07 Å². The van der Waals surface area contributed by atoms with E-state index in [0.717, 1.165) is 19.6 Å². The maximum Gasteiger partial charge on any atom is 0.294 e. The number of methoxy groups -OCH3 is 1. The molecule has 1 rings (SSSR count). The van der Waals surface area contributed by atoms with Crippen LogP contribution in [0.3, 0.4) is 0 Å². The predicted octanol–water partition coefficient (Wildman–Crippen LogP) is 1.29. The summed E-state index contributed by atoms with van der Waals surface area (Å²) in [7, 11) is 3.28. The molecule has 0 atom stereocenters. The highest BCUT2D eigenvalue weighted by atomic mass is 16.6. The van der Waals surface area contributed by atoms with Gasteiger partial charge in [-0.3, -0.25) is 10.1 Å². The number of aliphatic imine (C=N–C) groups is 1. The zero-order valence-electron chi connectivity index (χ0n) is 14.7. The lowest BCUT2D eigenvalue weighted by atomic mass is 10.2. The maximum absolute atomic E-state index is 11.4. The zero-order valence-corrected chi connectivity index (χ0v) is 14.7. The number of nitro groups is 1. The van der Waals surface area contributed by atoms with Gasteiger partial charge in [0.1, 0.15) is 17.1 Å². The molecule has 0 amide bonds. The van der Waals surface area contributed by atoms with Gasteiger partial charge < -0.3 is 26.0 Å². The fourth-order valence-electron chi connectivity index (χ4n) is 2.34. The van der Waals surface area contributed by atoms with Crippen LogP contribution in [0.25, 0.3) is 0 Å². The molecule has 0 bridgehead atoms. The van der Waals surface area contributed by atoms with Crippen LogP contribution in [0, 0.1) is 10.1 Å². The number of anilines is 1. The molecule has 0 aliphatic carbocycles. The van der Waals surface area contributed by atoms with Gasteiger partial charge in [-0.25, -0.2) is 4.99 Å². The van der Waals surface area contributed by atoms with E-state index in [4.69, 9.17) is 16.2 Å². The summed E-state index contributed by atoms with van der Waals surface area (Å²) in [5.74, 6) is 0.184. The molecule has 0 aliphatic rings. The Morgan fingerprint density at radius 3 is 2.38 bits per heavy atom. The van der Waals surface area contributed by atoms with Gasteiger partial charge in [0.25, 0.3) is 5.69 Å². The van der Waals surface area contributed by atoms with Crippen LogP contribution in [0.4, 0.5) is 17.1 Å². The molecule has 134 valence electrons. The largest absolute Gasteiger partial charge is 0.494 e. The van der Waals surface area contributed by atoms with Crippen LogP contribution in [-0.4, -0.2) is 56.1 Å². The van der Waals surface area contributed by atoms with Gasteiger partial charge in [-0.1, -0.05) is 13.8 Å². The van der Waals surface area contributed by atoms with E-state index in [1.807, 2.05) is 11.9 Å². The van der Waals surface area contributed by atoms with Crippen LogP contribution in [0.2, 0.25) is 0 Å². The van der Waals surface area contributed by atoms with Gasteiger partial charge in [0.2, 0.25) is 0 Å². The molecule has 0 radical (unpaired) electrons. The van der Waals surface area contributed by atoms with Crippen LogP contribution in [0.1, 0.15) is 13.8 Å². The molecule has 0 heterocycles. The summed E-state index contributed by atoms with van der Waals surface area (Å²) in [5.41, 5.74) is 11.4. The van der Waals surface area contributed by atoms with E-state index in [9.17, 15) is 10.1 Å². The Labute approximate surface area is 142 Å². The third-order valence-corrected chi connectivity index (χ3v) is 3.78. The molecule has 1 aromatic rings. The standard InChI is InChI=1S/C15H26N6O3/c1-5-20(6-2)8-7-19(3)12-10-14(24-4)11(18-15(16)17)9-13(12)21(22)23/h9-10H,5-8H2,1-4H3,(H4,16,17,18). The molecule has 0 spiro atoms. The first-order chi connectivity index (χ1) is 11.3. The lowest BCUT2D eigenvalue weighted by molar-refractivity contribution is -0.384. The molecule has 0 aliphatic heterocycles. The molecule has 9 nitrogen and oxygen atoms in total. The number of nitrogens with two attached hydrogens (primary N) is 2. The molecule has 0 saturated carbocycles. The Hall–Kier alpha value is -2.55. The third-order valence-electron chi connectivity index (χ3n) is 3.78. The van der Waals surface area contributed by atoms with Crippen molar-refractivity contribution in [1.82, 2.24) is 4.90 Å². The van der Waals surface area contributed by atoms with Crippen molar-refractivity contribution in [1.29, 1.82) is 0 Å². The second-order valence-corrected chi connectivity index (χ2v) is 5.25. The smallest absolute Gasteiger partial charge is 0.294 e. The number of hydrogen-bond acceptors (Lipinski definition) is 6. The molecule has 4 N–H and O–H groups in total. The van der Waals surface area contributed by atoms with Crippen LogP contribution in [0.5, 0.6) is 5.75 Å². The number of likely N-dealkylation sites (N-methyl/N-ethyl adjacent to an activating group) is 2. The number of ether oxygens (including phenoxy) is 1.